The van der Waals surface area contributed by atoms with E-state index in [1.54, 1.807) is 19.9 Å². The van der Waals surface area contributed by atoms with Gasteiger partial charge in [0.15, 0.2) is 0 Å². The van der Waals surface area contributed by atoms with Gasteiger partial charge in [0, 0.05) is 11.7 Å². The van der Waals surface area contributed by atoms with E-state index in [9.17, 15) is 9.18 Å². The number of anilines is 1. The Bertz CT molecular complexity index is 608. The van der Waals surface area contributed by atoms with Gasteiger partial charge in [0.25, 0.3) is 0 Å². The van der Waals surface area contributed by atoms with Gasteiger partial charge in [-0.05, 0) is 36.2 Å². The predicted molar refractivity (Wildman–Crippen MR) is 82.3 cm³/mol. The second-order valence-corrected chi connectivity index (χ2v) is 5.23. The van der Waals surface area contributed by atoms with Crippen LogP contribution in [0.5, 0.6) is 0 Å². The molecule has 0 fully saturated rings. The average molecular weight is 286 g/mol. The van der Waals surface area contributed by atoms with Crippen molar-refractivity contribution in [3.63, 3.8) is 0 Å². The fraction of sp³-hybridized carbons (Fsp3) is 0.235. The van der Waals surface area contributed by atoms with Crippen molar-refractivity contribution in [2.45, 2.75) is 19.9 Å². The zero-order valence-corrected chi connectivity index (χ0v) is 12.1. The van der Waals surface area contributed by atoms with Gasteiger partial charge >= 0.3 is 0 Å². The SMILES string of the molecule is Cc1cc(F)cc(NC(=O)C(C)C(N)c2ccccc2)c1. The molecule has 0 heterocycles. The molecule has 2 unspecified atom stereocenters. The number of halogens is 1. The Hall–Kier alpha value is -2.20. The number of hydrogen-bond donors (Lipinski definition) is 2. The molecule has 0 saturated heterocycles. The van der Waals surface area contributed by atoms with Crippen LogP contribution in [0.15, 0.2) is 48.5 Å². The van der Waals surface area contributed by atoms with Crippen LogP contribution >= 0.6 is 0 Å². The van der Waals surface area contributed by atoms with Crippen LogP contribution in [0.25, 0.3) is 0 Å². The zero-order valence-electron chi connectivity index (χ0n) is 12.1. The molecule has 110 valence electrons. The fourth-order valence-corrected chi connectivity index (χ4v) is 2.19. The molecule has 0 aliphatic rings. The smallest absolute Gasteiger partial charge is 0.229 e. The summed E-state index contributed by atoms with van der Waals surface area (Å²) < 4.78 is 13.3. The molecular weight excluding hydrogens is 267 g/mol. The maximum absolute atomic E-state index is 13.3. The quantitative estimate of drug-likeness (QED) is 0.905. The van der Waals surface area contributed by atoms with Crippen LogP contribution in [-0.4, -0.2) is 5.91 Å². The van der Waals surface area contributed by atoms with Gasteiger partial charge in [-0.25, -0.2) is 4.39 Å². The number of nitrogens with one attached hydrogen (secondary N) is 1. The highest BCUT2D eigenvalue weighted by atomic mass is 19.1. The summed E-state index contributed by atoms with van der Waals surface area (Å²) in [5.74, 6) is -1.02. The summed E-state index contributed by atoms with van der Waals surface area (Å²) in [5, 5.41) is 2.72. The van der Waals surface area contributed by atoms with Crippen LogP contribution in [0, 0.1) is 18.7 Å². The molecule has 21 heavy (non-hydrogen) atoms. The van der Waals surface area contributed by atoms with E-state index >= 15 is 0 Å². The third-order valence-electron chi connectivity index (χ3n) is 3.45. The van der Waals surface area contributed by atoms with E-state index < -0.39 is 12.0 Å². The van der Waals surface area contributed by atoms with Crippen molar-refractivity contribution in [2.24, 2.45) is 11.7 Å². The summed E-state index contributed by atoms with van der Waals surface area (Å²) in [7, 11) is 0. The number of amides is 1. The van der Waals surface area contributed by atoms with Gasteiger partial charge in [-0.3, -0.25) is 4.79 Å². The van der Waals surface area contributed by atoms with Gasteiger partial charge in [-0.1, -0.05) is 37.3 Å². The average Bonchev–Trinajstić information content (AvgIpc) is 2.45. The number of benzene rings is 2. The first-order chi connectivity index (χ1) is 9.97. The molecule has 2 aromatic rings. The maximum Gasteiger partial charge on any atom is 0.229 e. The Morgan fingerprint density at radius 2 is 1.86 bits per heavy atom. The van der Waals surface area contributed by atoms with Gasteiger partial charge in [0.1, 0.15) is 5.82 Å². The first kappa shape index (κ1) is 15.2. The lowest BCUT2D eigenvalue weighted by molar-refractivity contribution is -0.120. The minimum Gasteiger partial charge on any atom is -0.326 e. The first-order valence-electron chi connectivity index (χ1n) is 6.86. The number of nitrogens with two attached hydrogens (primary N) is 1. The van der Waals surface area contributed by atoms with Crippen LogP contribution in [0.4, 0.5) is 10.1 Å². The Kier molecular flexibility index (Phi) is 4.70. The van der Waals surface area contributed by atoms with E-state index in [2.05, 4.69) is 5.32 Å². The molecule has 2 aromatic carbocycles. The standard InChI is InChI=1S/C17H19FN2O/c1-11-8-14(18)10-15(9-11)20-17(21)12(2)16(19)13-6-4-3-5-7-13/h3-10,12,16H,19H2,1-2H3,(H,20,21). The molecule has 1 amide bonds. The second-order valence-electron chi connectivity index (χ2n) is 5.23. The van der Waals surface area contributed by atoms with Crippen LogP contribution < -0.4 is 11.1 Å². The van der Waals surface area contributed by atoms with Gasteiger partial charge in [0.2, 0.25) is 5.91 Å². The molecule has 4 heteroatoms. The molecule has 0 aliphatic carbocycles. The Morgan fingerprint density at radius 1 is 1.19 bits per heavy atom. The second kappa shape index (κ2) is 6.50. The zero-order chi connectivity index (χ0) is 15.4. The van der Waals surface area contributed by atoms with E-state index in [0.717, 1.165) is 11.1 Å². The molecular formula is C17H19FN2O. The molecule has 0 radical (unpaired) electrons. The number of carbonyl (C=O) groups excluding carboxylic acids is 1. The van der Waals surface area contributed by atoms with Crippen molar-refractivity contribution >= 4 is 11.6 Å². The highest BCUT2D eigenvalue weighted by molar-refractivity contribution is 5.93. The minimum atomic E-state index is -0.420. The number of carbonyl (C=O) groups is 1. The van der Waals surface area contributed by atoms with Crippen molar-refractivity contribution in [3.8, 4) is 0 Å². The van der Waals surface area contributed by atoms with Crippen molar-refractivity contribution in [1.82, 2.24) is 0 Å². The Morgan fingerprint density at radius 3 is 2.48 bits per heavy atom. The summed E-state index contributed by atoms with van der Waals surface area (Å²) in [5.41, 5.74) is 8.22. The molecule has 0 spiro atoms. The monoisotopic (exact) mass is 286 g/mol. The topological polar surface area (TPSA) is 55.1 Å². The van der Waals surface area contributed by atoms with E-state index in [0.29, 0.717) is 5.69 Å². The maximum atomic E-state index is 13.3. The molecule has 2 atom stereocenters. The Balaban J connectivity index is 2.09. The van der Waals surface area contributed by atoms with Crippen molar-refractivity contribution in [1.29, 1.82) is 0 Å². The third kappa shape index (κ3) is 3.89. The molecule has 0 saturated carbocycles. The van der Waals surface area contributed by atoms with E-state index in [4.69, 9.17) is 5.73 Å². The highest BCUT2D eigenvalue weighted by Gasteiger charge is 2.22. The summed E-state index contributed by atoms with van der Waals surface area (Å²) >= 11 is 0. The lowest BCUT2D eigenvalue weighted by Gasteiger charge is -2.20. The fourth-order valence-electron chi connectivity index (χ4n) is 2.19. The first-order valence-corrected chi connectivity index (χ1v) is 6.86. The molecule has 0 bridgehead atoms. The van der Waals surface area contributed by atoms with Crippen molar-refractivity contribution in [3.05, 3.63) is 65.5 Å². The number of hydrogen-bond acceptors (Lipinski definition) is 2. The normalized spacial score (nSPS) is 13.5. The summed E-state index contributed by atoms with van der Waals surface area (Å²) in [6, 6.07) is 13.5. The summed E-state index contributed by atoms with van der Waals surface area (Å²) in [4.78, 5) is 12.2. The van der Waals surface area contributed by atoms with Gasteiger partial charge in [-0.15, -0.1) is 0 Å². The van der Waals surface area contributed by atoms with E-state index in [1.807, 2.05) is 30.3 Å². The third-order valence-corrected chi connectivity index (χ3v) is 3.45. The van der Waals surface area contributed by atoms with Gasteiger partial charge < -0.3 is 11.1 Å². The molecule has 3 N–H and O–H groups in total. The summed E-state index contributed by atoms with van der Waals surface area (Å²) in [6.45, 7) is 3.54. The molecule has 0 aromatic heterocycles. The molecule has 0 aliphatic heterocycles. The van der Waals surface area contributed by atoms with Crippen LogP contribution in [0.3, 0.4) is 0 Å². The lowest BCUT2D eigenvalue weighted by atomic mass is 9.94. The van der Waals surface area contributed by atoms with E-state index in [-0.39, 0.29) is 11.7 Å². The highest BCUT2D eigenvalue weighted by Crippen LogP contribution is 2.21. The molecule has 2 rings (SSSR count). The minimum absolute atomic E-state index is 0.226. The largest absolute Gasteiger partial charge is 0.326 e. The van der Waals surface area contributed by atoms with Crippen LogP contribution in [0.1, 0.15) is 24.1 Å². The number of aryl methyl sites for hydroxylation is 1. The Labute approximate surface area is 124 Å². The van der Waals surface area contributed by atoms with Crippen molar-refractivity contribution in [2.75, 3.05) is 5.32 Å². The van der Waals surface area contributed by atoms with Crippen LogP contribution in [0.2, 0.25) is 0 Å². The van der Waals surface area contributed by atoms with Gasteiger partial charge in [-0.2, -0.15) is 0 Å². The van der Waals surface area contributed by atoms with Crippen molar-refractivity contribution < 1.29 is 9.18 Å². The molecule has 3 nitrogen and oxygen atoms in total. The lowest BCUT2D eigenvalue weighted by Crippen LogP contribution is -2.30. The van der Waals surface area contributed by atoms with Gasteiger partial charge in [0.05, 0.1) is 5.92 Å². The van der Waals surface area contributed by atoms with E-state index in [1.165, 1.54) is 12.1 Å². The summed E-state index contributed by atoms with van der Waals surface area (Å²) in [6.07, 6.45) is 0. The number of rotatable bonds is 4. The van der Waals surface area contributed by atoms with Crippen LogP contribution in [-0.2, 0) is 4.79 Å². The predicted octanol–water partition coefficient (Wildman–Crippen LogP) is 3.41.